The second-order valence-corrected chi connectivity index (χ2v) is 9.63. The summed E-state index contributed by atoms with van der Waals surface area (Å²) in [7, 11) is 2.10. The van der Waals surface area contributed by atoms with Crippen molar-refractivity contribution in [2.75, 3.05) is 43.4 Å². The Kier molecular flexibility index (Phi) is 7.89. The van der Waals surface area contributed by atoms with E-state index in [2.05, 4.69) is 22.2 Å². The van der Waals surface area contributed by atoms with Crippen molar-refractivity contribution < 1.29 is 19.4 Å². The van der Waals surface area contributed by atoms with E-state index in [1.54, 1.807) is 12.1 Å². The Morgan fingerprint density at radius 3 is 2.18 bits per heavy atom. The highest BCUT2D eigenvalue weighted by atomic mass is 16.5. The minimum atomic E-state index is -1.11. The maximum atomic E-state index is 13.7. The Hall–Kier alpha value is -4.62. The highest BCUT2D eigenvalue weighted by molar-refractivity contribution is 6.10. The third-order valence-corrected chi connectivity index (χ3v) is 6.92. The summed E-state index contributed by atoms with van der Waals surface area (Å²) in [5.41, 5.74) is 4.24. The number of anilines is 2. The molecule has 7 nitrogen and oxygen atoms in total. The van der Waals surface area contributed by atoms with Crippen molar-refractivity contribution >= 4 is 23.3 Å². The van der Waals surface area contributed by atoms with Gasteiger partial charge in [0.15, 0.2) is 0 Å². The molecule has 7 heteroatoms. The highest BCUT2D eigenvalue weighted by Crippen LogP contribution is 2.30. The summed E-state index contributed by atoms with van der Waals surface area (Å²) in [6.07, 6.45) is 0. The molecule has 1 fully saturated rings. The van der Waals surface area contributed by atoms with Gasteiger partial charge in [0.05, 0.1) is 16.8 Å². The fraction of sp³-hybridized carbons (Fsp3) is 0.188. The van der Waals surface area contributed by atoms with Crippen molar-refractivity contribution in [3.8, 4) is 16.9 Å². The Morgan fingerprint density at radius 2 is 1.49 bits per heavy atom. The van der Waals surface area contributed by atoms with Crippen LogP contribution in [0.4, 0.5) is 11.4 Å². The van der Waals surface area contributed by atoms with Gasteiger partial charge < -0.3 is 25.0 Å². The number of ether oxygens (including phenoxy) is 1. The number of rotatable bonds is 8. The second-order valence-electron chi connectivity index (χ2n) is 9.63. The molecule has 39 heavy (non-hydrogen) atoms. The molecular weight excluding hydrogens is 490 g/mol. The first-order chi connectivity index (χ1) is 19.0. The average Bonchev–Trinajstić information content (AvgIpc) is 2.97. The highest BCUT2D eigenvalue weighted by Gasteiger charge is 2.21. The van der Waals surface area contributed by atoms with Crippen LogP contribution in [0.25, 0.3) is 11.1 Å². The molecule has 4 aromatic carbocycles. The molecule has 198 valence electrons. The molecule has 1 aliphatic rings. The lowest BCUT2D eigenvalue weighted by Gasteiger charge is -2.34. The Labute approximate surface area is 228 Å². The average molecular weight is 522 g/mol. The molecule has 0 radical (unpaired) electrons. The van der Waals surface area contributed by atoms with Gasteiger partial charge in [0, 0.05) is 31.9 Å². The molecule has 1 aliphatic heterocycles. The van der Waals surface area contributed by atoms with E-state index in [0.717, 1.165) is 48.6 Å². The zero-order valence-corrected chi connectivity index (χ0v) is 21.8. The van der Waals surface area contributed by atoms with Crippen LogP contribution < -0.4 is 15.0 Å². The number of nitrogens with zero attached hydrogens (tertiary/aromatic N) is 2. The van der Waals surface area contributed by atoms with E-state index in [1.165, 1.54) is 6.07 Å². The minimum Gasteiger partial charge on any atom is -0.488 e. The predicted octanol–water partition coefficient (Wildman–Crippen LogP) is 5.63. The first-order valence-electron chi connectivity index (χ1n) is 13.0. The van der Waals surface area contributed by atoms with Gasteiger partial charge in [0.1, 0.15) is 12.4 Å². The molecule has 0 unspecified atom stereocenters. The number of hydrogen-bond donors (Lipinski definition) is 2. The van der Waals surface area contributed by atoms with E-state index >= 15 is 0 Å². The lowest BCUT2D eigenvalue weighted by Crippen LogP contribution is -2.44. The van der Waals surface area contributed by atoms with E-state index in [4.69, 9.17) is 4.74 Å². The maximum absolute atomic E-state index is 13.7. The van der Waals surface area contributed by atoms with Gasteiger partial charge in [0.2, 0.25) is 0 Å². The lowest BCUT2D eigenvalue weighted by atomic mass is 10.0. The number of hydrogen-bond acceptors (Lipinski definition) is 5. The van der Waals surface area contributed by atoms with Crippen LogP contribution in [0.2, 0.25) is 0 Å². The number of carbonyl (C=O) groups excluding carboxylic acids is 1. The Morgan fingerprint density at radius 1 is 0.795 bits per heavy atom. The van der Waals surface area contributed by atoms with Crippen LogP contribution in [0, 0.1) is 0 Å². The molecule has 1 heterocycles. The predicted molar refractivity (Wildman–Crippen MR) is 154 cm³/mol. The van der Waals surface area contributed by atoms with Gasteiger partial charge in [-0.2, -0.15) is 0 Å². The summed E-state index contributed by atoms with van der Waals surface area (Å²) in [6.45, 7) is 3.87. The van der Waals surface area contributed by atoms with Gasteiger partial charge in [-0.1, -0.05) is 66.7 Å². The molecule has 4 aromatic rings. The summed E-state index contributed by atoms with van der Waals surface area (Å²) in [6, 6.07) is 30.0. The number of nitrogens with one attached hydrogen (secondary N) is 1. The third kappa shape index (κ3) is 6.27. The normalized spacial score (nSPS) is 13.6. The van der Waals surface area contributed by atoms with Crippen LogP contribution >= 0.6 is 0 Å². The number of piperazine rings is 1. The van der Waals surface area contributed by atoms with Crippen LogP contribution in [0.1, 0.15) is 26.3 Å². The molecule has 0 saturated carbocycles. The van der Waals surface area contributed by atoms with Crippen LogP contribution in [0.5, 0.6) is 5.75 Å². The van der Waals surface area contributed by atoms with E-state index in [1.807, 2.05) is 78.9 Å². The van der Waals surface area contributed by atoms with Crippen LogP contribution in [0.3, 0.4) is 0 Å². The largest absolute Gasteiger partial charge is 0.488 e. The first-order valence-corrected chi connectivity index (χ1v) is 13.0. The number of benzene rings is 4. The van der Waals surface area contributed by atoms with Crippen LogP contribution in [-0.4, -0.2) is 55.1 Å². The molecule has 5 rings (SSSR count). The Bertz CT molecular complexity index is 1450. The number of carbonyl (C=O) groups is 2. The van der Waals surface area contributed by atoms with Gasteiger partial charge in [-0.3, -0.25) is 4.79 Å². The zero-order valence-electron chi connectivity index (χ0n) is 21.8. The standard InChI is InChI=1S/C32H31N3O4/c1-34-16-18-35(19-17-34)26-13-15-30(39-22-23-8-4-2-5-9-23)28(21-26)31(36)33-29-20-25(12-14-27(29)32(37)38)24-10-6-3-7-11-24/h2-15,20-21H,16-19,22H2,1H3,(H,33,36)(H,37,38). The van der Waals surface area contributed by atoms with Crippen molar-refractivity contribution in [1.29, 1.82) is 0 Å². The fourth-order valence-electron chi connectivity index (χ4n) is 4.65. The quantitative estimate of drug-likeness (QED) is 0.313. The smallest absolute Gasteiger partial charge is 0.337 e. The van der Waals surface area contributed by atoms with Gasteiger partial charge in [-0.25, -0.2) is 4.79 Å². The third-order valence-electron chi connectivity index (χ3n) is 6.92. The maximum Gasteiger partial charge on any atom is 0.337 e. The first kappa shape index (κ1) is 26.0. The fourth-order valence-corrected chi connectivity index (χ4v) is 4.65. The lowest BCUT2D eigenvalue weighted by molar-refractivity contribution is 0.0698. The SMILES string of the molecule is CN1CCN(c2ccc(OCc3ccccc3)c(C(=O)Nc3cc(-c4ccccc4)ccc3C(=O)O)c2)CC1. The van der Waals surface area contributed by atoms with Crippen molar-refractivity contribution in [3.05, 3.63) is 114 Å². The second kappa shape index (κ2) is 11.8. The molecule has 0 bridgehead atoms. The minimum absolute atomic E-state index is 0.0185. The van der Waals surface area contributed by atoms with Crippen LogP contribution in [0.15, 0.2) is 97.1 Å². The molecule has 1 amide bonds. The Balaban J connectivity index is 1.47. The summed E-state index contributed by atoms with van der Waals surface area (Å²) in [5, 5.41) is 12.7. The van der Waals surface area contributed by atoms with E-state index in [9.17, 15) is 14.7 Å². The number of carboxylic acid groups (broad SMARTS) is 1. The van der Waals surface area contributed by atoms with Gasteiger partial charge in [0.25, 0.3) is 5.91 Å². The van der Waals surface area contributed by atoms with Gasteiger partial charge >= 0.3 is 5.97 Å². The number of amides is 1. The van der Waals surface area contributed by atoms with E-state index < -0.39 is 11.9 Å². The van der Waals surface area contributed by atoms with Crippen molar-refractivity contribution in [1.82, 2.24) is 4.90 Å². The van der Waals surface area contributed by atoms with Crippen molar-refractivity contribution in [2.45, 2.75) is 6.61 Å². The van der Waals surface area contributed by atoms with Gasteiger partial charge in [-0.05, 0) is 54.1 Å². The molecular formula is C32H31N3O4. The molecule has 0 atom stereocenters. The van der Waals surface area contributed by atoms with Gasteiger partial charge in [-0.15, -0.1) is 0 Å². The number of aromatic carboxylic acids is 1. The van der Waals surface area contributed by atoms with Crippen molar-refractivity contribution in [2.24, 2.45) is 0 Å². The zero-order chi connectivity index (χ0) is 27.2. The van der Waals surface area contributed by atoms with Crippen LogP contribution in [-0.2, 0) is 6.61 Å². The number of likely N-dealkylation sites (N-methyl/N-ethyl adjacent to an activating group) is 1. The number of carboxylic acids is 1. The summed E-state index contributed by atoms with van der Waals surface area (Å²) >= 11 is 0. The monoisotopic (exact) mass is 521 g/mol. The van der Waals surface area contributed by atoms with E-state index in [-0.39, 0.29) is 11.3 Å². The summed E-state index contributed by atoms with van der Waals surface area (Å²) in [5.74, 6) is -1.11. The molecule has 0 aromatic heterocycles. The van der Waals surface area contributed by atoms with E-state index in [0.29, 0.717) is 17.9 Å². The van der Waals surface area contributed by atoms with Crippen molar-refractivity contribution in [3.63, 3.8) is 0 Å². The molecule has 0 aliphatic carbocycles. The summed E-state index contributed by atoms with van der Waals surface area (Å²) < 4.78 is 6.11. The topological polar surface area (TPSA) is 82.1 Å². The molecule has 0 spiro atoms. The molecule has 1 saturated heterocycles. The molecule has 2 N–H and O–H groups in total. The summed E-state index contributed by atoms with van der Waals surface area (Å²) in [4.78, 5) is 30.3.